The molecule has 20 heavy (non-hydrogen) atoms. The zero-order valence-corrected chi connectivity index (χ0v) is 11.8. The van der Waals surface area contributed by atoms with Crippen LogP contribution in [0.25, 0.3) is 0 Å². The fraction of sp³-hybridized carbons (Fsp3) is 0.176. The first-order valence-corrected chi connectivity index (χ1v) is 6.45. The number of ether oxygens (including phenoxy) is 2. The molecule has 0 aliphatic carbocycles. The first-order valence-electron chi connectivity index (χ1n) is 6.45. The quantitative estimate of drug-likeness (QED) is 0.798. The molecule has 0 fully saturated rings. The molecule has 0 unspecified atom stereocenters. The predicted octanol–water partition coefficient (Wildman–Crippen LogP) is 4.18. The van der Waals surface area contributed by atoms with Crippen molar-refractivity contribution < 1.29 is 9.47 Å². The molecule has 2 aromatic carbocycles. The number of allylic oxidation sites excluding steroid dienone is 1. The second kappa shape index (κ2) is 6.66. The van der Waals surface area contributed by atoms with Crippen LogP contribution in [0.3, 0.4) is 0 Å². The smallest absolute Gasteiger partial charge is 0.119 e. The second-order valence-electron chi connectivity index (χ2n) is 4.37. The number of methoxy groups -OCH3 is 2. The largest absolute Gasteiger partial charge is 0.497 e. The van der Waals surface area contributed by atoms with Crippen molar-refractivity contribution in [1.82, 2.24) is 0 Å². The highest BCUT2D eigenvalue weighted by Gasteiger charge is 2.04. The normalized spacial score (nSPS) is 9.90. The highest BCUT2D eigenvalue weighted by atomic mass is 16.5. The first kappa shape index (κ1) is 14.0. The Morgan fingerprint density at radius 2 is 1.65 bits per heavy atom. The molecule has 0 aliphatic heterocycles. The van der Waals surface area contributed by atoms with Crippen LogP contribution in [-0.2, 0) is 6.42 Å². The van der Waals surface area contributed by atoms with E-state index in [0.717, 1.165) is 34.9 Å². The van der Waals surface area contributed by atoms with E-state index in [4.69, 9.17) is 9.47 Å². The Kier molecular flexibility index (Phi) is 4.66. The van der Waals surface area contributed by atoms with Crippen molar-refractivity contribution >= 4 is 11.4 Å². The van der Waals surface area contributed by atoms with Gasteiger partial charge in [-0.1, -0.05) is 6.08 Å². The van der Waals surface area contributed by atoms with Gasteiger partial charge in [-0.15, -0.1) is 6.58 Å². The van der Waals surface area contributed by atoms with Gasteiger partial charge in [0.25, 0.3) is 0 Å². The lowest BCUT2D eigenvalue weighted by atomic mass is 10.1. The van der Waals surface area contributed by atoms with Crippen molar-refractivity contribution in [1.29, 1.82) is 0 Å². The van der Waals surface area contributed by atoms with Crippen molar-refractivity contribution in [3.8, 4) is 11.5 Å². The molecule has 3 heteroatoms. The van der Waals surface area contributed by atoms with Crippen LogP contribution in [0, 0.1) is 0 Å². The molecule has 104 valence electrons. The monoisotopic (exact) mass is 269 g/mol. The van der Waals surface area contributed by atoms with E-state index < -0.39 is 0 Å². The van der Waals surface area contributed by atoms with Gasteiger partial charge in [0.2, 0.25) is 0 Å². The Balaban J connectivity index is 2.24. The van der Waals surface area contributed by atoms with Crippen LogP contribution in [-0.4, -0.2) is 14.2 Å². The predicted molar refractivity (Wildman–Crippen MR) is 83.2 cm³/mol. The van der Waals surface area contributed by atoms with Crippen molar-refractivity contribution in [2.24, 2.45) is 0 Å². The van der Waals surface area contributed by atoms with E-state index in [-0.39, 0.29) is 0 Å². The maximum Gasteiger partial charge on any atom is 0.119 e. The van der Waals surface area contributed by atoms with Gasteiger partial charge < -0.3 is 14.8 Å². The number of nitrogens with one attached hydrogen (secondary N) is 1. The molecule has 0 saturated carbocycles. The summed E-state index contributed by atoms with van der Waals surface area (Å²) in [7, 11) is 3.33. The van der Waals surface area contributed by atoms with Crippen LogP contribution in [0.1, 0.15) is 5.56 Å². The maximum absolute atomic E-state index is 5.26. The van der Waals surface area contributed by atoms with E-state index in [1.54, 1.807) is 14.2 Å². The molecule has 0 spiro atoms. The van der Waals surface area contributed by atoms with Gasteiger partial charge in [0.05, 0.1) is 14.2 Å². The van der Waals surface area contributed by atoms with Gasteiger partial charge in [-0.05, 0) is 54.4 Å². The SMILES string of the molecule is C=CCc1cc(OC)ccc1Nc1ccc(OC)cc1. The number of rotatable bonds is 6. The third-order valence-corrected chi connectivity index (χ3v) is 3.05. The minimum absolute atomic E-state index is 0.787. The molecule has 0 heterocycles. The van der Waals surface area contributed by atoms with Gasteiger partial charge in [-0.2, -0.15) is 0 Å². The lowest BCUT2D eigenvalue weighted by Gasteiger charge is -2.13. The molecular weight excluding hydrogens is 250 g/mol. The summed E-state index contributed by atoms with van der Waals surface area (Å²) in [6, 6.07) is 13.8. The standard InChI is InChI=1S/C17H19NO2/c1-4-5-13-12-16(20-3)10-11-17(13)18-14-6-8-15(19-2)9-7-14/h4,6-12,18H,1,5H2,2-3H3. The van der Waals surface area contributed by atoms with Crippen LogP contribution < -0.4 is 14.8 Å². The fourth-order valence-electron chi connectivity index (χ4n) is 1.97. The Morgan fingerprint density at radius 3 is 2.25 bits per heavy atom. The first-order chi connectivity index (χ1) is 9.76. The Morgan fingerprint density at radius 1 is 1.00 bits per heavy atom. The van der Waals surface area contributed by atoms with Gasteiger partial charge in [-0.25, -0.2) is 0 Å². The lowest BCUT2D eigenvalue weighted by Crippen LogP contribution is -1.96. The van der Waals surface area contributed by atoms with E-state index in [2.05, 4.69) is 11.9 Å². The molecular formula is C17H19NO2. The number of anilines is 2. The lowest BCUT2D eigenvalue weighted by molar-refractivity contribution is 0.414. The molecule has 1 N–H and O–H groups in total. The van der Waals surface area contributed by atoms with Gasteiger partial charge >= 0.3 is 0 Å². The molecule has 0 saturated heterocycles. The molecule has 0 bridgehead atoms. The third kappa shape index (κ3) is 3.32. The average molecular weight is 269 g/mol. The fourth-order valence-corrected chi connectivity index (χ4v) is 1.97. The zero-order chi connectivity index (χ0) is 14.4. The second-order valence-corrected chi connectivity index (χ2v) is 4.37. The van der Waals surface area contributed by atoms with Crippen LogP contribution in [0.5, 0.6) is 11.5 Å². The maximum atomic E-state index is 5.26. The molecule has 0 aliphatic rings. The van der Waals surface area contributed by atoms with Gasteiger partial charge in [0.1, 0.15) is 11.5 Å². The molecule has 0 amide bonds. The van der Waals surface area contributed by atoms with E-state index in [9.17, 15) is 0 Å². The Bertz CT molecular complexity index is 576. The third-order valence-electron chi connectivity index (χ3n) is 3.05. The van der Waals surface area contributed by atoms with Crippen LogP contribution in [0.15, 0.2) is 55.1 Å². The molecule has 2 aromatic rings. The van der Waals surface area contributed by atoms with Crippen LogP contribution in [0.2, 0.25) is 0 Å². The summed E-state index contributed by atoms with van der Waals surface area (Å²) in [6.45, 7) is 3.80. The summed E-state index contributed by atoms with van der Waals surface area (Å²) in [5, 5.41) is 3.40. The molecule has 2 rings (SSSR count). The van der Waals surface area contributed by atoms with Crippen LogP contribution >= 0.6 is 0 Å². The zero-order valence-electron chi connectivity index (χ0n) is 11.8. The summed E-state index contributed by atoms with van der Waals surface area (Å²) in [5.74, 6) is 1.69. The van der Waals surface area contributed by atoms with Crippen molar-refractivity contribution in [3.63, 3.8) is 0 Å². The van der Waals surface area contributed by atoms with E-state index >= 15 is 0 Å². The summed E-state index contributed by atoms with van der Waals surface area (Å²) in [4.78, 5) is 0. The summed E-state index contributed by atoms with van der Waals surface area (Å²) >= 11 is 0. The van der Waals surface area contributed by atoms with E-state index in [1.165, 1.54) is 0 Å². The van der Waals surface area contributed by atoms with Crippen molar-refractivity contribution in [2.45, 2.75) is 6.42 Å². The van der Waals surface area contributed by atoms with E-state index in [1.807, 2.05) is 48.5 Å². The minimum Gasteiger partial charge on any atom is -0.497 e. The van der Waals surface area contributed by atoms with Crippen LogP contribution in [0.4, 0.5) is 11.4 Å². The summed E-state index contributed by atoms with van der Waals surface area (Å²) in [6.07, 6.45) is 2.67. The Labute approximate surface area is 119 Å². The van der Waals surface area contributed by atoms with Gasteiger partial charge in [-0.3, -0.25) is 0 Å². The topological polar surface area (TPSA) is 30.5 Å². The summed E-state index contributed by atoms with van der Waals surface area (Å²) < 4.78 is 10.4. The molecule has 3 nitrogen and oxygen atoms in total. The highest BCUT2D eigenvalue weighted by molar-refractivity contribution is 5.65. The van der Waals surface area contributed by atoms with Gasteiger partial charge in [0.15, 0.2) is 0 Å². The number of benzene rings is 2. The number of hydrogen-bond acceptors (Lipinski definition) is 3. The van der Waals surface area contributed by atoms with Crippen molar-refractivity contribution in [2.75, 3.05) is 19.5 Å². The molecule has 0 radical (unpaired) electrons. The van der Waals surface area contributed by atoms with Crippen molar-refractivity contribution in [3.05, 3.63) is 60.7 Å². The highest BCUT2D eigenvalue weighted by Crippen LogP contribution is 2.26. The van der Waals surface area contributed by atoms with E-state index in [0.29, 0.717) is 0 Å². The molecule has 0 atom stereocenters. The van der Waals surface area contributed by atoms with Gasteiger partial charge in [0, 0.05) is 11.4 Å². The minimum atomic E-state index is 0.787. The average Bonchev–Trinajstić information content (AvgIpc) is 2.50. The number of hydrogen-bond donors (Lipinski definition) is 1. The summed E-state index contributed by atoms with van der Waals surface area (Å²) in [5.41, 5.74) is 3.22. The Hall–Kier alpha value is -2.42. The molecule has 0 aromatic heterocycles.